The summed E-state index contributed by atoms with van der Waals surface area (Å²) in [5, 5.41) is 19.8. The van der Waals surface area contributed by atoms with Crippen LogP contribution in [-0.2, 0) is 15.8 Å². The van der Waals surface area contributed by atoms with Gasteiger partial charge in [0.25, 0.3) is 5.91 Å². The van der Waals surface area contributed by atoms with Gasteiger partial charge in [-0.05, 0) is 19.1 Å². The van der Waals surface area contributed by atoms with Crippen molar-refractivity contribution in [3.05, 3.63) is 35.4 Å². The van der Waals surface area contributed by atoms with E-state index in [9.17, 15) is 27.6 Å². The lowest BCUT2D eigenvalue weighted by Gasteiger charge is -2.23. The molecule has 0 radical (unpaired) electrons. The zero-order valence-electron chi connectivity index (χ0n) is 12.0. The number of carbonyl (C=O) groups is 3. The number of rotatable bonds is 6. The average molecular weight is 333 g/mol. The highest BCUT2D eigenvalue weighted by Gasteiger charge is 2.38. The van der Waals surface area contributed by atoms with Gasteiger partial charge in [0.1, 0.15) is 0 Å². The molecule has 1 unspecified atom stereocenters. The monoisotopic (exact) mass is 333 g/mol. The van der Waals surface area contributed by atoms with Gasteiger partial charge in [0.2, 0.25) is 0 Å². The number of carboxylic acid groups (broad SMARTS) is 2. The molecular weight excluding hydrogens is 319 g/mol. The average Bonchev–Trinajstić information content (AvgIpc) is 2.43. The maximum atomic E-state index is 12.8. The largest absolute Gasteiger partial charge is 0.481 e. The SMILES string of the molecule is CC(CNC(=O)c1ccccc1C(F)(F)F)(CC(=O)O)C(=O)O. The predicted molar refractivity (Wildman–Crippen MR) is 71.8 cm³/mol. The lowest BCUT2D eigenvalue weighted by Crippen LogP contribution is -2.42. The molecule has 9 heteroatoms. The van der Waals surface area contributed by atoms with Crippen LogP contribution in [0.1, 0.15) is 29.3 Å². The number of carboxylic acids is 2. The summed E-state index contributed by atoms with van der Waals surface area (Å²) in [6.45, 7) is 0.457. The lowest BCUT2D eigenvalue weighted by molar-refractivity contribution is -0.154. The van der Waals surface area contributed by atoms with Crippen LogP contribution >= 0.6 is 0 Å². The number of alkyl halides is 3. The lowest BCUT2D eigenvalue weighted by atomic mass is 9.86. The van der Waals surface area contributed by atoms with Gasteiger partial charge in [-0.2, -0.15) is 13.2 Å². The van der Waals surface area contributed by atoms with Crippen LogP contribution in [0, 0.1) is 5.41 Å². The maximum absolute atomic E-state index is 12.8. The summed E-state index contributed by atoms with van der Waals surface area (Å²) in [5.41, 5.74) is -3.66. The molecule has 3 N–H and O–H groups in total. The third-order valence-electron chi connectivity index (χ3n) is 3.17. The van der Waals surface area contributed by atoms with Gasteiger partial charge in [-0.25, -0.2) is 0 Å². The molecule has 0 aliphatic heterocycles. The van der Waals surface area contributed by atoms with E-state index in [0.717, 1.165) is 25.1 Å². The smallest absolute Gasteiger partial charge is 0.417 e. The molecule has 0 aliphatic rings. The first-order valence-electron chi connectivity index (χ1n) is 6.37. The van der Waals surface area contributed by atoms with E-state index in [1.807, 2.05) is 0 Å². The Bertz CT molecular complexity index is 629. The van der Waals surface area contributed by atoms with Gasteiger partial charge in [0.05, 0.1) is 23.0 Å². The Balaban J connectivity index is 2.97. The van der Waals surface area contributed by atoms with Crippen molar-refractivity contribution in [3.63, 3.8) is 0 Å². The molecule has 23 heavy (non-hydrogen) atoms. The third kappa shape index (κ3) is 4.70. The van der Waals surface area contributed by atoms with Crippen LogP contribution < -0.4 is 5.32 Å². The van der Waals surface area contributed by atoms with E-state index in [1.54, 1.807) is 0 Å². The Labute approximate surface area is 128 Å². The highest BCUT2D eigenvalue weighted by molar-refractivity contribution is 5.96. The molecule has 0 saturated heterocycles. The Morgan fingerprint density at radius 3 is 2.17 bits per heavy atom. The molecule has 1 amide bonds. The van der Waals surface area contributed by atoms with Crippen LogP contribution in [0.15, 0.2) is 24.3 Å². The number of benzene rings is 1. The van der Waals surface area contributed by atoms with Crippen molar-refractivity contribution in [1.29, 1.82) is 0 Å². The van der Waals surface area contributed by atoms with Crippen molar-refractivity contribution in [2.45, 2.75) is 19.5 Å². The number of carbonyl (C=O) groups excluding carboxylic acids is 1. The number of hydrogen-bond acceptors (Lipinski definition) is 3. The van der Waals surface area contributed by atoms with E-state index < -0.39 is 53.5 Å². The highest BCUT2D eigenvalue weighted by atomic mass is 19.4. The third-order valence-corrected chi connectivity index (χ3v) is 3.17. The molecular formula is C14H14F3NO5. The van der Waals surface area contributed by atoms with E-state index >= 15 is 0 Å². The Kier molecular flexibility index (Phi) is 5.36. The fourth-order valence-corrected chi connectivity index (χ4v) is 1.85. The molecule has 1 aromatic carbocycles. The summed E-state index contributed by atoms with van der Waals surface area (Å²) >= 11 is 0. The molecule has 0 bridgehead atoms. The quantitative estimate of drug-likeness (QED) is 0.739. The Morgan fingerprint density at radius 2 is 1.70 bits per heavy atom. The van der Waals surface area contributed by atoms with E-state index in [4.69, 9.17) is 10.2 Å². The number of nitrogens with one attached hydrogen (secondary N) is 1. The summed E-state index contributed by atoms with van der Waals surface area (Å²) in [6, 6.07) is 4.03. The summed E-state index contributed by atoms with van der Waals surface area (Å²) in [5.74, 6) is -4.01. The van der Waals surface area contributed by atoms with Crippen molar-refractivity contribution < 1.29 is 37.8 Å². The van der Waals surface area contributed by atoms with Crippen LogP contribution in [0.4, 0.5) is 13.2 Å². The van der Waals surface area contributed by atoms with Crippen LogP contribution in [0.5, 0.6) is 0 Å². The number of aliphatic carboxylic acids is 2. The van der Waals surface area contributed by atoms with Crippen LogP contribution in [0.2, 0.25) is 0 Å². The molecule has 0 aromatic heterocycles. The van der Waals surface area contributed by atoms with Gasteiger partial charge in [-0.1, -0.05) is 12.1 Å². The number of halogens is 3. The first kappa shape index (κ1) is 18.5. The topological polar surface area (TPSA) is 104 Å². The van der Waals surface area contributed by atoms with Gasteiger partial charge >= 0.3 is 18.1 Å². The fraction of sp³-hybridized carbons (Fsp3) is 0.357. The van der Waals surface area contributed by atoms with Gasteiger partial charge in [0.15, 0.2) is 0 Å². The van der Waals surface area contributed by atoms with Crippen molar-refractivity contribution in [2.75, 3.05) is 6.54 Å². The van der Waals surface area contributed by atoms with Crippen molar-refractivity contribution in [2.24, 2.45) is 5.41 Å². The molecule has 1 rings (SSSR count). The highest BCUT2D eigenvalue weighted by Crippen LogP contribution is 2.32. The minimum Gasteiger partial charge on any atom is -0.481 e. The minimum absolute atomic E-state index is 0.625. The van der Waals surface area contributed by atoms with E-state index in [2.05, 4.69) is 5.32 Å². The Morgan fingerprint density at radius 1 is 1.13 bits per heavy atom. The molecule has 1 aromatic rings. The summed E-state index contributed by atoms with van der Waals surface area (Å²) < 4.78 is 38.5. The van der Waals surface area contributed by atoms with Gasteiger partial charge < -0.3 is 15.5 Å². The second-order valence-corrected chi connectivity index (χ2v) is 5.16. The molecule has 0 fully saturated rings. The Hall–Kier alpha value is -2.58. The van der Waals surface area contributed by atoms with Crippen molar-refractivity contribution in [3.8, 4) is 0 Å². The molecule has 1 atom stereocenters. The summed E-state index contributed by atoms with van der Waals surface area (Å²) in [6.07, 6.45) is -5.53. The first-order valence-corrected chi connectivity index (χ1v) is 6.37. The van der Waals surface area contributed by atoms with Gasteiger partial charge in [0, 0.05) is 6.54 Å². The van der Waals surface area contributed by atoms with Gasteiger partial charge in [-0.3, -0.25) is 14.4 Å². The molecule has 6 nitrogen and oxygen atoms in total. The summed E-state index contributed by atoms with van der Waals surface area (Å²) in [7, 11) is 0. The minimum atomic E-state index is -4.74. The first-order chi connectivity index (χ1) is 10.5. The predicted octanol–water partition coefficient (Wildman–Crippen LogP) is 2.00. The van der Waals surface area contributed by atoms with Crippen molar-refractivity contribution in [1.82, 2.24) is 5.32 Å². The number of amides is 1. The van der Waals surface area contributed by atoms with Crippen molar-refractivity contribution >= 4 is 17.8 Å². The molecule has 0 heterocycles. The standard InChI is InChI=1S/C14H14F3NO5/c1-13(12(22)23,6-10(19)20)7-18-11(21)8-4-2-3-5-9(8)14(15,16)17/h2-5H,6-7H2,1H3,(H,18,21)(H,19,20)(H,22,23). The number of hydrogen-bond donors (Lipinski definition) is 3. The fourth-order valence-electron chi connectivity index (χ4n) is 1.85. The van der Waals surface area contributed by atoms with Gasteiger partial charge in [-0.15, -0.1) is 0 Å². The van der Waals surface area contributed by atoms with E-state index in [0.29, 0.717) is 0 Å². The van der Waals surface area contributed by atoms with E-state index in [-0.39, 0.29) is 0 Å². The van der Waals surface area contributed by atoms with Crippen LogP contribution in [0.25, 0.3) is 0 Å². The van der Waals surface area contributed by atoms with E-state index in [1.165, 1.54) is 6.07 Å². The normalized spacial score (nSPS) is 13.9. The molecule has 0 saturated carbocycles. The zero-order chi connectivity index (χ0) is 17.8. The molecule has 0 spiro atoms. The maximum Gasteiger partial charge on any atom is 0.417 e. The second-order valence-electron chi connectivity index (χ2n) is 5.16. The molecule has 0 aliphatic carbocycles. The van der Waals surface area contributed by atoms with Crippen LogP contribution in [-0.4, -0.2) is 34.6 Å². The zero-order valence-corrected chi connectivity index (χ0v) is 12.0. The summed E-state index contributed by atoms with van der Waals surface area (Å²) in [4.78, 5) is 33.7. The van der Waals surface area contributed by atoms with Crippen LogP contribution in [0.3, 0.4) is 0 Å². The molecule has 126 valence electrons. The second kappa shape index (κ2) is 6.67.